The fourth-order valence-electron chi connectivity index (χ4n) is 1.59. The number of sulfone groups is 1. The minimum Gasteiger partial charge on any atom is -0.353 e. The second-order valence-electron chi connectivity index (χ2n) is 4.42. The second-order valence-corrected chi connectivity index (χ2v) is 6.45. The highest BCUT2D eigenvalue weighted by Crippen LogP contribution is 2.13. The van der Waals surface area contributed by atoms with Gasteiger partial charge in [0.05, 0.1) is 10.6 Å². The van der Waals surface area contributed by atoms with Crippen LogP contribution in [0.25, 0.3) is 0 Å². The summed E-state index contributed by atoms with van der Waals surface area (Å²) in [5, 5.41) is 2.65. The normalized spacial score (nSPS) is 13.1. The zero-order valence-corrected chi connectivity index (χ0v) is 11.8. The van der Waals surface area contributed by atoms with Gasteiger partial charge in [-0.05, 0) is 26.0 Å². The van der Waals surface area contributed by atoms with Crippen LogP contribution in [0, 0.1) is 6.92 Å². The Morgan fingerprint density at radius 3 is 2.33 bits per heavy atom. The molecule has 4 nitrogen and oxygen atoms in total. The number of carbonyl (C=O) groups is 1. The molecule has 0 bridgehead atoms. The van der Waals surface area contributed by atoms with E-state index in [0.717, 1.165) is 5.56 Å². The van der Waals surface area contributed by atoms with Crippen molar-refractivity contribution in [2.45, 2.75) is 38.1 Å². The van der Waals surface area contributed by atoms with E-state index < -0.39 is 9.84 Å². The van der Waals surface area contributed by atoms with Crippen LogP contribution in [0.3, 0.4) is 0 Å². The lowest BCUT2D eigenvalue weighted by atomic mass is 10.2. The Labute approximate surface area is 108 Å². The number of amides is 1. The van der Waals surface area contributed by atoms with Gasteiger partial charge in [-0.25, -0.2) is 8.42 Å². The predicted molar refractivity (Wildman–Crippen MR) is 71.1 cm³/mol. The molecule has 1 aromatic carbocycles. The van der Waals surface area contributed by atoms with Crippen LogP contribution in [-0.4, -0.2) is 26.1 Å². The summed E-state index contributed by atoms with van der Waals surface area (Å²) in [5.74, 6) is -0.219. The van der Waals surface area contributed by atoms with Gasteiger partial charge < -0.3 is 5.32 Å². The molecule has 0 fully saturated rings. The summed E-state index contributed by atoms with van der Waals surface area (Å²) in [6, 6.07) is 6.34. The maximum absolute atomic E-state index is 12.1. The molecule has 0 aliphatic heterocycles. The van der Waals surface area contributed by atoms with Crippen molar-refractivity contribution in [3.8, 4) is 0 Å². The minimum atomic E-state index is -3.34. The molecule has 0 saturated heterocycles. The minimum absolute atomic E-state index is 0.0815. The van der Waals surface area contributed by atoms with Crippen LogP contribution in [0.15, 0.2) is 29.2 Å². The molecule has 18 heavy (non-hydrogen) atoms. The van der Waals surface area contributed by atoms with Crippen molar-refractivity contribution < 1.29 is 13.2 Å². The second kappa shape index (κ2) is 6.00. The van der Waals surface area contributed by atoms with Gasteiger partial charge in [0.2, 0.25) is 5.91 Å². The molecule has 0 saturated carbocycles. The summed E-state index contributed by atoms with van der Waals surface area (Å²) in [5.41, 5.74) is 1.02. The Balaban J connectivity index is 2.76. The standard InChI is InChI=1S/C13H19NO3S/c1-4-13(15)14-11(3)9-18(16,17)12-7-5-10(2)6-8-12/h5-8,11H,4,9H2,1-3H3,(H,14,15). The number of hydrogen-bond acceptors (Lipinski definition) is 3. The number of nitrogens with one attached hydrogen (secondary N) is 1. The SMILES string of the molecule is CCC(=O)NC(C)CS(=O)(=O)c1ccc(C)cc1. The number of carbonyl (C=O) groups excluding carboxylic acids is 1. The molecule has 1 N–H and O–H groups in total. The number of aryl methyl sites for hydroxylation is 1. The van der Waals surface area contributed by atoms with Gasteiger partial charge in [0, 0.05) is 12.5 Å². The quantitative estimate of drug-likeness (QED) is 0.884. The number of benzene rings is 1. The maximum Gasteiger partial charge on any atom is 0.219 e. The van der Waals surface area contributed by atoms with E-state index in [-0.39, 0.29) is 17.7 Å². The Kier molecular flexibility index (Phi) is 4.90. The molecule has 0 radical (unpaired) electrons. The van der Waals surface area contributed by atoms with E-state index in [0.29, 0.717) is 11.3 Å². The van der Waals surface area contributed by atoms with Crippen molar-refractivity contribution in [1.29, 1.82) is 0 Å². The van der Waals surface area contributed by atoms with Gasteiger partial charge in [-0.3, -0.25) is 4.79 Å². The molecule has 0 aliphatic carbocycles. The average molecular weight is 269 g/mol. The summed E-state index contributed by atoms with van der Waals surface area (Å²) >= 11 is 0. The molecule has 1 unspecified atom stereocenters. The van der Waals surface area contributed by atoms with Crippen molar-refractivity contribution in [3.05, 3.63) is 29.8 Å². The summed E-state index contributed by atoms with van der Waals surface area (Å²) in [6.45, 7) is 5.33. The lowest BCUT2D eigenvalue weighted by Crippen LogP contribution is -2.37. The van der Waals surface area contributed by atoms with E-state index in [1.165, 1.54) is 0 Å². The molecular formula is C13H19NO3S. The fourth-order valence-corrected chi connectivity index (χ4v) is 3.07. The summed E-state index contributed by atoms with van der Waals surface area (Å²) < 4.78 is 24.1. The highest BCUT2D eigenvalue weighted by molar-refractivity contribution is 7.91. The monoisotopic (exact) mass is 269 g/mol. The van der Waals surface area contributed by atoms with Crippen molar-refractivity contribution >= 4 is 15.7 Å². The molecule has 0 aliphatic rings. The highest BCUT2D eigenvalue weighted by Gasteiger charge is 2.19. The smallest absolute Gasteiger partial charge is 0.219 e. The van der Waals surface area contributed by atoms with E-state index in [1.54, 1.807) is 38.1 Å². The van der Waals surface area contributed by atoms with E-state index in [1.807, 2.05) is 6.92 Å². The number of rotatable bonds is 5. The van der Waals surface area contributed by atoms with Gasteiger partial charge in [-0.2, -0.15) is 0 Å². The third kappa shape index (κ3) is 4.14. The zero-order chi connectivity index (χ0) is 13.8. The number of hydrogen-bond donors (Lipinski definition) is 1. The lowest BCUT2D eigenvalue weighted by molar-refractivity contribution is -0.121. The van der Waals surface area contributed by atoms with E-state index in [4.69, 9.17) is 0 Å². The van der Waals surface area contributed by atoms with Crippen LogP contribution in [0.5, 0.6) is 0 Å². The van der Waals surface area contributed by atoms with Gasteiger partial charge in [-0.1, -0.05) is 24.6 Å². The largest absolute Gasteiger partial charge is 0.353 e. The van der Waals surface area contributed by atoms with E-state index >= 15 is 0 Å². The van der Waals surface area contributed by atoms with Gasteiger partial charge in [0.1, 0.15) is 0 Å². The molecular weight excluding hydrogens is 250 g/mol. The topological polar surface area (TPSA) is 63.2 Å². The van der Waals surface area contributed by atoms with Crippen LogP contribution in [0.4, 0.5) is 0 Å². The molecule has 5 heteroatoms. The summed E-state index contributed by atoms with van der Waals surface area (Å²) in [4.78, 5) is 11.5. The molecule has 1 amide bonds. The van der Waals surface area contributed by atoms with Crippen molar-refractivity contribution in [1.82, 2.24) is 5.32 Å². The molecule has 1 atom stereocenters. The summed E-state index contributed by atoms with van der Waals surface area (Å²) in [7, 11) is -3.34. The van der Waals surface area contributed by atoms with E-state index in [9.17, 15) is 13.2 Å². The summed E-state index contributed by atoms with van der Waals surface area (Å²) in [6.07, 6.45) is 0.356. The molecule has 1 aromatic rings. The van der Waals surface area contributed by atoms with Crippen LogP contribution in [-0.2, 0) is 14.6 Å². The molecule has 0 spiro atoms. The predicted octanol–water partition coefficient (Wildman–Crippen LogP) is 1.68. The fraction of sp³-hybridized carbons (Fsp3) is 0.462. The molecule has 0 heterocycles. The van der Waals surface area contributed by atoms with Gasteiger partial charge in [0.25, 0.3) is 0 Å². The maximum atomic E-state index is 12.1. The lowest BCUT2D eigenvalue weighted by Gasteiger charge is -2.13. The molecule has 100 valence electrons. The first kappa shape index (κ1) is 14.7. The Morgan fingerprint density at radius 1 is 1.28 bits per heavy atom. The first-order valence-electron chi connectivity index (χ1n) is 5.94. The van der Waals surface area contributed by atoms with Crippen LogP contribution < -0.4 is 5.32 Å². The third-order valence-electron chi connectivity index (χ3n) is 2.58. The van der Waals surface area contributed by atoms with Crippen molar-refractivity contribution in [2.24, 2.45) is 0 Å². The average Bonchev–Trinajstić information content (AvgIpc) is 2.28. The van der Waals surface area contributed by atoms with Gasteiger partial charge in [-0.15, -0.1) is 0 Å². The van der Waals surface area contributed by atoms with Crippen molar-refractivity contribution in [2.75, 3.05) is 5.75 Å². The van der Waals surface area contributed by atoms with Crippen LogP contribution >= 0.6 is 0 Å². The van der Waals surface area contributed by atoms with Gasteiger partial charge in [0.15, 0.2) is 9.84 Å². The first-order chi connectivity index (χ1) is 8.35. The van der Waals surface area contributed by atoms with Crippen LogP contribution in [0.2, 0.25) is 0 Å². The van der Waals surface area contributed by atoms with Crippen LogP contribution in [0.1, 0.15) is 25.8 Å². The first-order valence-corrected chi connectivity index (χ1v) is 7.59. The molecule has 0 aromatic heterocycles. The van der Waals surface area contributed by atoms with Gasteiger partial charge >= 0.3 is 0 Å². The molecule has 1 rings (SSSR count). The zero-order valence-electron chi connectivity index (χ0n) is 10.9. The third-order valence-corrected chi connectivity index (χ3v) is 4.51. The Hall–Kier alpha value is -1.36. The highest BCUT2D eigenvalue weighted by atomic mass is 32.2. The van der Waals surface area contributed by atoms with E-state index in [2.05, 4.69) is 5.32 Å². The Bertz CT molecular complexity index is 506. The van der Waals surface area contributed by atoms with Crippen molar-refractivity contribution in [3.63, 3.8) is 0 Å². The Morgan fingerprint density at radius 2 is 1.83 bits per heavy atom.